The van der Waals surface area contributed by atoms with E-state index >= 15 is 0 Å². The Morgan fingerprint density at radius 1 is 1.45 bits per heavy atom. The van der Waals surface area contributed by atoms with E-state index in [4.69, 9.17) is 12.2 Å². The van der Waals surface area contributed by atoms with E-state index in [1.807, 2.05) is 6.92 Å². The molecule has 11 heavy (non-hydrogen) atoms. The molecule has 0 radical (unpaired) electrons. The predicted molar refractivity (Wildman–Crippen MR) is 43.4 cm³/mol. The van der Waals surface area contributed by atoms with Crippen LogP contribution in [0.1, 0.15) is 11.1 Å². The van der Waals surface area contributed by atoms with E-state index in [0.717, 1.165) is 11.1 Å². The maximum Gasteiger partial charge on any atom is 1.00 e. The average Bonchev–Trinajstić information content (AvgIpc) is 1.88. The van der Waals surface area contributed by atoms with E-state index < -0.39 is 0 Å². The fourth-order valence-corrected chi connectivity index (χ4v) is 1.04. The van der Waals surface area contributed by atoms with Crippen molar-refractivity contribution in [3.8, 4) is 5.75 Å². The third-order valence-corrected chi connectivity index (χ3v) is 1.62. The summed E-state index contributed by atoms with van der Waals surface area (Å²) in [7, 11) is 0. The van der Waals surface area contributed by atoms with Crippen LogP contribution in [0.15, 0.2) is 18.2 Å². The summed E-state index contributed by atoms with van der Waals surface area (Å²) in [4.78, 5) is 0. The van der Waals surface area contributed by atoms with E-state index in [1.165, 1.54) is 6.07 Å². The molecule has 0 aliphatic rings. The van der Waals surface area contributed by atoms with Crippen molar-refractivity contribution >= 4 is 17.6 Å². The fourth-order valence-electron chi connectivity index (χ4n) is 0.780. The zero-order chi connectivity index (χ0) is 7.56. The summed E-state index contributed by atoms with van der Waals surface area (Å²) in [6.07, 6.45) is 0. The second-order valence-electron chi connectivity index (χ2n) is 2.14. The van der Waals surface area contributed by atoms with Gasteiger partial charge in [-0.3, -0.25) is 0 Å². The Bertz CT molecular complexity index is 260. The molecule has 1 nitrogen and oxygen atoms in total. The molecule has 0 aromatic heterocycles. The number of rotatable bonds is 1. The van der Waals surface area contributed by atoms with E-state index in [1.54, 1.807) is 17.5 Å². The molecule has 52 valence electrons. The summed E-state index contributed by atoms with van der Waals surface area (Å²) < 4.78 is 0. The zero-order valence-corrected chi connectivity index (χ0v) is 9.44. The van der Waals surface area contributed by atoms with Gasteiger partial charge in [0.2, 0.25) is 0 Å². The molecule has 0 heterocycles. The molecular weight excluding hydrogens is 167 g/mol. The molecule has 1 aromatic carbocycles. The largest absolute Gasteiger partial charge is 1.00 e. The summed E-state index contributed by atoms with van der Waals surface area (Å²) in [6, 6.07) is 4.84. The van der Waals surface area contributed by atoms with Crippen LogP contribution < -0.4 is 34.7 Å². The quantitative estimate of drug-likeness (QED) is 0.379. The monoisotopic (exact) mass is 174 g/mol. The van der Waals surface area contributed by atoms with Crippen LogP contribution in [0.2, 0.25) is 0 Å². The maximum absolute atomic E-state index is 10.7. The van der Waals surface area contributed by atoms with Gasteiger partial charge in [-0.1, -0.05) is 30.4 Å². The third-order valence-electron chi connectivity index (χ3n) is 1.37. The Kier molecular flexibility index (Phi) is 4.93. The summed E-state index contributed by atoms with van der Waals surface area (Å²) >= 11 is 4.72. The SMILES string of the molecule is Cc1cc([O-])ccc1C=S.[Na+]. The molecule has 0 amide bonds. The van der Waals surface area contributed by atoms with E-state index in [0.29, 0.717) is 0 Å². The van der Waals surface area contributed by atoms with Crippen LogP contribution >= 0.6 is 12.2 Å². The first-order valence-corrected chi connectivity index (χ1v) is 3.44. The summed E-state index contributed by atoms with van der Waals surface area (Å²) in [5.41, 5.74) is 1.90. The van der Waals surface area contributed by atoms with Crippen molar-refractivity contribution in [2.75, 3.05) is 0 Å². The maximum atomic E-state index is 10.7. The molecule has 0 bridgehead atoms. The number of thiocarbonyl (C=S) groups is 1. The molecule has 0 aliphatic heterocycles. The van der Waals surface area contributed by atoms with E-state index in [9.17, 15) is 5.11 Å². The van der Waals surface area contributed by atoms with Gasteiger partial charge in [-0.05, 0) is 18.1 Å². The standard InChI is InChI=1S/C8H8OS.Na/c1-6-4-8(9)3-2-7(6)5-10;/h2-5,9H,1H3;/q;+1/p-1. The smallest absolute Gasteiger partial charge is 0.872 e. The van der Waals surface area contributed by atoms with Gasteiger partial charge in [0.05, 0.1) is 0 Å². The van der Waals surface area contributed by atoms with Crippen molar-refractivity contribution in [2.24, 2.45) is 0 Å². The van der Waals surface area contributed by atoms with Gasteiger partial charge in [0.1, 0.15) is 0 Å². The number of benzene rings is 1. The third kappa shape index (κ3) is 2.91. The second kappa shape index (κ2) is 4.88. The van der Waals surface area contributed by atoms with Crippen LogP contribution in [0, 0.1) is 6.92 Å². The summed E-state index contributed by atoms with van der Waals surface area (Å²) in [6.45, 7) is 1.87. The second-order valence-corrected chi connectivity index (χ2v) is 2.37. The Balaban J connectivity index is 0.000001000. The van der Waals surface area contributed by atoms with Crippen molar-refractivity contribution in [3.63, 3.8) is 0 Å². The van der Waals surface area contributed by atoms with Crippen LogP contribution in [0.4, 0.5) is 0 Å². The van der Waals surface area contributed by atoms with E-state index in [-0.39, 0.29) is 35.3 Å². The molecule has 0 fully saturated rings. The van der Waals surface area contributed by atoms with Gasteiger partial charge in [0, 0.05) is 5.37 Å². The molecule has 0 atom stereocenters. The van der Waals surface area contributed by atoms with E-state index in [2.05, 4.69) is 0 Å². The van der Waals surface area contributed by atoms with Gasteiger partial charge in [-0.15, -0.1) is 5.75 Å². The first kappa shape index (κ1) is 11.1. The van der Waals surface area contributed by atoms with Gasteiger partial charge in [-0.25, -0.2) is 0 Å². The van der Waals surface area contributed by atoms with Crippen LogP contribution in [0.25, 0.3) is 0 Å². The fraction of sp³-hybridized carbons (Fsp3) is 0.125. The van der Waals surface area contributed by atoms with Crippen molar-refractivity contribution < 1.29 is 34.7 Å². The Labute approximate surface area is 93.7 Å². The number of hydrogen-bond donors (Lipinski definition) is 0. The molecule has 0 N–H and O–H groups in total. The number of aryl methyl sites for hydroxylation is 1. The summed E-state index contributed by atoms with van der Waals surface area (Å²) in [5.74, 6) is 0.0399. The first-order chi connectivity index (χ1) is 4.74. The Morgan fingerprint density at radius 2 is 2.09 bits per heavy atom. The summed E-state index contributed by atoms with van der Waals surface area (Å²) in [5, 5.41) is 12.3. The van der Waals surface area contributed by atoms with Crippen molar-refractivity contribution in [1.82, 2.24) is 0 Å². The molecule has 1 rings (SSSR count). The van der Waals surface area contributed by atoms with Crippen LogP contribution in [-0.2, 0) is 0 Å². The minimum atomic E-state index is 0. The topological polar surface area (TPSA) is 23.1 Å². The van der Waals surface area contributed by atoms with Crippen molar-refractivity contribution in [2.45, 2.75) is 6.92 Å². The Morgan fingerprint density at radius 3 is 2.55 bits per heavy atom. The Hall–Kier alpha value is 0.110. The minimum absolute atomic E-state index is 0. The molecule has 0 spiro atoms. The normalized spacial score (nSPS) is 8.45. The molecule has 0 saturated heterocycles. The van der Waals surface area contributed by atoms with Crippen LogP contribution in [-0.4, -0.2) is 5.37 Å². The van der Waals surface area contributed by atoms with Crippen LogP contribution in [0.5, 0.6) is 5.75 Å². The minimum Gasteiger partial charge on any atom is -0.872 e. The molecule has 3 heteroatoms. The molecule has 0 aliphatic carbocycles. The molecule has 1 aromatic rings. The van der Waals surface area contributed by atoms with Crippen molar-refractivity contribution in [1.29, 1.82) is 0 Å². The van der Waals surface area contributed by atoms with Gasteiger partial charge in [0.25, 0.3) is 0 Å². The van der Waals surface area contributed by atoms with Gasteiger partial charge in [0.15, 0.2) is 0 Å². The molecule has 0 saturated carbocycles. The van der Waals surface area contributed by atoms with Gasteiger partial charge < -0.3 is 5.11 Å². The predicted octanol–water partition coefficient (Wildman–Crippen LogP) is -1.58. The van der Waals surface area contributed by atoms with Gasteiger partial charge in [-0.2, -0.15) is 0 Å². The van der Waals surface area contributed by atoms with Crippen LogP contribution in [0.3, 0.4) is 0 Å². The van der Waals surface area contributed by atoms with Gasteiger partial charge >= 0.3 is 29.6 Å². The first-order valence-electron chi connectivity index (χ1n) is 2.97. The molecule has 0 unspecified atom stereocenters. The molecular formula is C8H7NaOS. The van der Waals surface area contributed by atoms with Crippen molar-refractivity contribution in [3.05, 3.63) is 29.3 Å². The number of hydrogen-bond acceptors (Lipinski definition) is 2. The zero-order valence-electron chi connectivity index (χ0n) is 6.63. The average molecular weight is 174 g/mol.